The SMILES string of the molecule is C=CC(C)(C)CCC1CC2CC1C1C3C=CC3C21. The third kappa shape index (κ3) is 1.33. The summed E-state index contributed by atoms with van der Waals surface area (Å²) in [4.78, 5) is 0. The zero-order valence-corrected chi connectivity index (χ0v) is 11.8. The molecule has 98 valence electrons. The first-order chi connectivity index (χ1) is 8.61. The molecule has 0 amide bonds. The zero-order valence-electron chi connectivity index (χ0n) is 11.8. The van der Waals surface area contributed by atoms with Crippen molar-refractivity contribution in [2.75, 3.05) is 0 Å². The summed E-state index contributed by atoms with van der Waals surface area (Å²) in [5.74, 6) is 7.50. The second kappa shape index (κ2) is 3.52. The molecule has 7 unspecified atom stereocenters. The van der Waals surface area contributed by atoms with Crippen molar-refractivity contribution < 1.29 is 0 Å². The second-order valence-electron chi connectivity index (χ2n) is 8.08. The molecule has 0 nitrogen and oxygen atoms in total. The minimum Gasteiger partial charge on any atom is -0.103 e. The molecule has 0 heteroatoms. The first-order valence-corrected chi connectivity index (χ1v) is 7.93. The lowest BCUT2D eigenvalue weighted by molar-refractivity contribution is -0.0472. The van der Waals surface area contributed by atoms with E-state index in [1.165, 1.54) is 12.8 Å². The van der Waals surface area contributed by atoms with E-state index in [0.717, 1.165) is 41.4 Å². The Balaban J connectivity index is 1.42. The Morgan fingerprint density at radius 1 is 1.17 bits per heavy atom. The van der Waals surface area contributed by atoms with Crippen LogP contribution in [0, 0.1) is 46.8 Å². The molecule has 0 radical (unpaired) electrons. The van der Waals surface area contributed by atoms with Crippen molar-refractivity contribution in [1.82, 2.24) is 0 Å². The third-order valence-electron chi connectivity index (χ3n) is 6.87. The van der Waals surface area contributed by atoms with Gasteiger partial charge in [-0.1, -0.05) is 32.1 Å². The summed E-state index contributed by atoms with van der Waals surface area (Å²) >= 11 is 0. The first kappa shape index (κ1) is 11.3. The maximum atomic E-state index is 3.99. The largest absolute Gasteiger partial charge is 0.103 e. The summed E-state index contributed by atoms with van der Waals surface area (Å²) < 4.78 is 0. The highest BCUT2D eigenvalue weighted by molar-refractivity contribution is 5.27. The fourth-order valence-electron chi connectivity index (χ4n) is 5.68. The molecule has 3 saturated carbocycles. The van der Waals surface area contributed by atoms with Crippen molar-refractivity contribution >= 4 is 0 Å². The highest BCUT2D eigenvalue weighted by Crippen LogP contribution is 2.71. The van der Waals surface area contributed by atoms with Crippen LogP contribution in [0.2, 0.25) is 0 Å². The molecule has 0 heterocycles. The lowest BCUT2D eigenvalue weighted by Gasteiger charge is -2.58. The molecular formula is C18H26. The van der Waals surface area contributed by atoms with E-state index in [0.29, 0.717) is 5.41 Å². The highest BCUT2D eigenvalue weighted by Gasteiger charge is 2.65. The van der Waals surface area contributed by atoms with Crippen LogP contribution in [0.15, 0.2) is 24.8 Å². The van der Waals surface area contributed by atoms with Gasteiger partial charge < -0.3 is 0 Å². The molecule has 18 heavy (non-hydrogen) atoms. The quantitative estimate of drug-likeness (QED) is 0.628. The summed E-state index contributed by atoms with van der Waals surface area (Å²) in [5.41, 5.74) is 0.347. The van der Waals surface area contributed by atoms with Gasteiger partial charge >= 0.3 is 0 Å². The Hall–Kier alpha value is -0.520. The molecule has 0 aromatic carbocycles. The van der Waals surface area contributed by atoms with Crippen LogP contribution < -0.4 is 0 Å². The Morgan fingerprint density at radius 3 is 2.56 bits per heavy atom. The molecule has 0 aromatic rings. The van der Waals surface area contributed by atoms with Gasteiger partial charge in [0.2, 0.25) is 0 Å². The van der Waals surface area contributed by atoms with E-state index in [1.54, 1.807) is 12.8 Å². The molecular weight excluding hydrogens is 216 g/mol. The van der Waals surface area contributed by atoms with Crippen molar-refractivity contribution in [3.63, 3.8) is 0 Å². The lowest BCUT2D eigenvalue weighted by atomic mass is 9.46. The zero-order chi connectivity index (χ0) is 12.5. The van der Waals surface area contributed by atoms with Crippen molar-refractivity contribution in [1.29, 1.82) is 0 Å². The molecule has 0 aromatic heterocycles. The molecule has 3 fully saturated rings. The van der Waals surface area contributed by atoms with Gasteiger partial charge in [0.25, 0.3) is 0 Å². The second-order valence-corrected chi connectivity index (χ2v) is 8.08. The number of hydrogen-bond donors (Lipinski definition) is 0. The Bertz CT molecular complexity index is 402. The van der Waals surface area contributed by atoms with Gasteiger partial charge in [0.15, 0.2) is 0 Å². The summed E-state index contributed by atoms with van der Waals surface area (Å²) in [6.45, 7) is 8.66. The topological polar surface area (TPSA) is 0 Å². The molecule has 0 spiro atoms. The van der Waals surface area contributed by atoms with Crippen LogP contribution in [-0.2, 0) is 0 Å². The monoisotopic (exact) mass is 242 g/mol. The van der Waals surface area contributed by atoms with Crippen LogP contribution in [0.3, 0.4) is 0 Å². The summed E-state index contributed by atoms with van der Waals surface area (Å²) in [7, 11) is 0. The van der Waals surface area contributed by atoms with Crippen molar-refractivity contribution in [2.45, 2.75) is 39.5 Å². The van der Waals surface area contributed by atoms with Gasteiger partial charge in [0.05, 0.1) is 0 Å². The van der Waals surface area contributed by atoms with Crippen LogP contribution in [0.25, 0.3) is 0 Å². The van der Waals surface area contributed by atoms with Crippen molar-refractivity contribution in [2.24, 2.45) is 46.8 Å². The summed E-state index contributed by atoms with van der Waals surface area (Å²) in [6.07, 6.45) is 13.1. The van der Waals surface area contributed by atoms with Gasteiger partial charge in [-0.3, -0.25) is 0 Å². The van der Waals surface area contributed by atoms with E-state index in [4.69, 9.17) is 0 Å². The molecule has 4 aliphatic rings. The minimum absolute atomic E-state index is 0.347. The Kier molecular flexibility index (Phi) is 2.22. The van der Waals surface area contributed by atoms with Gasteiger partial charge in [-0.25, -0.2) is 0 Å². The van der Waals surface area contributed by atoms with Gasteiger partial charge in [-0.15, -0.1) is 6.58 Å². The average Bonchev–Trinajstić information content (AvgIpc) is 2.83. The van der Waals surface area contributed by atoms with E-state index in [2.05, 4.69) is 38.7 Å². The Morgan fingerprint density at radius 2 is 1.89 bits per heavy atom. The van der Waals surface area contributed by atoms with E-state index in [9.17, 15) is 0 Å². The van der Waals surface area contributed by atoms with E-state index < -0.39 is 0 Å². The van der Waals surface area contributed by atoms with E-state index in [-0.39, 0.29) is 0 Å². The molecule has 0 N–H and O–H groups in total. The Labute approximate surface area is 112 Å². The van der Waals surface area contributed by atoms with E-state index in [1.807, 2.05) is 0 Å². The predicted octanol–water partition coefficient (Wildman–Crippen LogP) is 4.68. The fraction of sp³-hybridized carbons (Fsp3) is 0.778. The number of fused-ring (bicyclic) bond motifs is 8. The smallest absolute Gasteiger partial charge is 0.0133 e. The van der Waals surface area contributed by atoms with Crippen LogP contribution in [0.1, 0.15) is 39.5 Å². The molecule has 7 atom stereocenters. The number of rotatable bonds is 4. The molecule has 2 bridgehead atoms. The predicted molar refractivity (Wildman–Crippen MR) is 76.0 cm³/mol. The highest BCUT2D eigenvalue weighted by atomic mass is 14.7. The van der Waals surface area contributed by atoms with Crippen LogP contribution in [0.4, 0.5) is 0 Å². The molecule has 4 aliphatic carbocycles. The molecule has 0 aliphatic heterocycles. The van der Waals surface area contributed by atoms with Crippen LogP contribution in [-0.4, -0.2) is 0 Å². The van der Waals surface area contributed by atoms with Gasteiger partial charge in [0, 0.05) is 0 Å². The molecule has 4 rings (SSSR count). The number of allylic oxidation sites excluding steroid dienone is 3. The minimum atomic E-state index is 0.347. The average molecular weight is 242 g/mol. The van der Waals surface area contributed by atoms with E-state index >= 15 is 0 Å². The van der Waals surface area contributed by atoms with Gasteiger partial charge in [0.1, 0.15) is 0 Å². The normalized spacial score (nSPS) is 51.3. The maximum absolute atomic E-state index is 3.99. The molecule has 0 saturated heterocycles. The van der Waals surface area contributed by atoms with Crippen molar-refractivity contribution in [3.05, 3.63) is 24.8 Å². The first-order valence-electron chi connectivity index (χ1n) is 7.93. The van der Waals surface area contributed by atoms with Crippen LogP contribution in [0.5, 0.6) is 0 Å². The fourth-order valence-corrected chi connectivity index (χ4v) is 5.68. The van der Waals surface area contributed by atoms with Gasteiger partial charge in [-0.2, -0.15) is 0 Å². The summed E-state index contributed by atoms with van der Waals surface area (Å²) in [6, 6.07) is 0. The lowest BCUT2D eigenvalue weighted by Crippen LogP contribution is -2.53. The summed E-state index contributed by atoms with van der Waals surface area (Å²) in [5, 5.41) is 0. The number of hydrogen-bond acceptors (Lipinski definition) is 0. The van der Waals surface area contributed by atoms with Crippen molar-refractivity contribution in [3.8, 4) is 0 Å². The maximum Gasteiger partial charge on any atom is -0.0133 e. The van der Waals surface area contributed by atoms with Gasteiger partial charge in [-0.05, 0) is 72.5 Å². The van der Waals surface area contributed by atoms with Crippen LogP contribution >= 0.6 is 0 Å². The third-order valence-corrected chi connectivity index (χ3v) is 6.87. The standard InChI is InChI=1S/C18H26/c1-4-18(2,3)8-7-11-9-12-10-15(11)17-14-6-5-13(14)16(12)17/h4-6,11-17H,1,7-10H2,2-3H3.